The highest BCUT2D eigenvalue weighted by molar-refractivity contribution is 7.90. The fourth-order valence-electron chi connectivity index (χ4n) is 3.40. The first-order valence-electron chi connectivity index (χ1n) is 11.1. The second-order valence-electron chi connectivity index (χ2n) is 8.36. The Hall–Kier alpha value is -3.67. The Morgan fingerprint density at radius 1 is 1.13 bits per heavy atom. The van der Waals surface area contributed by atoms with E-state index >= 15 is 4.39 Å². The summed E-state index contributed by atoms with van der Waals surface area (Å²) in [4.78, 5) is 12.1. The van der Waals surface area contributed by atoms with Crippen molar-refractivity contribution in [3.63, 3.8) is 0 Å². The van der Waals surface area contributed by atoms with Gasteiger partial charge < -0.3 is 20.2 Å². The third-order valence-electron chi connectivity index (χ3n) is 5.14. The normalized spacial score (nSPS) is 11.4. The summed E-state index contributed by atoms with van der Waals surface area (Å²) in [5.41, 5.74) is 7.24. The van der Waals surface area contributed by atoms with E-state index in [0.29, 0.717) is 22.0 Å². The third-order valence-corrected chi connectivity index (χ3v) is 6.61. The average molecular weight is 579 g/mol. The molecule has 3 aromatic carbocycles. The van der Waals surface area contributed by atoms with Crippen molar-refractivity contribution in [1.82, 2.24) is 10.2 Å². The van der Waals surface area contributed by atoms with E-state index in [9.17, 15) is 13.2 Å². The number of nitrogens with one attached hydrogen (secondary N) is 1. The number of anilines is 2. The van der Waals surface area contributed by atoms with Gasteiger partial charge in [0, 0.05) is 46.3 Å². The maximum atomic E-state index is 15.3. The van der Waals surface area contributed by atoms with Crippen molar-refractivity contribution in [3.05, 3.63) is 81.9 Å². The van der Waals surface area contributed by atoms with Gasteiger partial charge in [-0.25, -0.2) is 12.8 Å². The summed E-state index contributed by atoms with van der Waals surface area (Å²) in [7, 11) is -3.26. The van der Waals surface area contributed by atoms with Crippen molar-refractivity contribution in [2.45, 2.75) is 12.8 Å². The SMILES string of the molecule is CS(=O)(=O)CCC(=O)Nc1cccc(-c2nnc(Cc3ccc(Cl)c(Oc4cc(N)cc(Cl)c4)c3F)o2)c1. The number of carbonyl (C=O) groups is 1. The van der Waals surface area contributed by atoms with E-state index in [2.05, 4.69) is 15.5 Å². The van der Waals surface area contributed by atoms with Crippen LogP contribution in [-0.4, -0.2) is 36.5 Å². The minimum Gasteiger partial charge on any atom is -0.453 e. The number of halogens is 3. The molecule has 0 spiro atoms. The number of nitrogens with zero attached hydrogens (tertiary/aromatic N) is 2. The highest BCUT2D eigenvalue weighted by Crippen LogP contribution is 2.36. The smallest absolute Gasteiger partial charge is 0.247 e. The van der Waals surface area contributed by atoms with E-state index in [1.54, 1.807) is 24.3 Å². The molecule has 13 heteroatoms. The van der Waals surface area contributed by atoms with Crippen LogP contribution < -0.4 is 15.8 Å². The maximum Gasteiger partial charge on any atom is 0.247 e. The lowest BCUT2D eigenvalue weighted by molar-refractivity contribution is -0.115. The van der Waals surface area contributed by atoms with Gasteiger partial charge in [0.2, 0.25) is 17.7 Å². The summed E-state index contributed by atoms with van der Waals surface area (Å²) in [5, 5.41) is 11.0. The summed E-state index contributed by atoms with van der Waals surface area (Å²) in [6, 6.07) is 14.0. The van der Waals surface area contributed by atoms with Crippen LogP contribution >= 0.6 is 23.2 Å². The van der Waals surface area contributed by atoms with Gasteiger partial charge >= 0.3 is 0 Å². The summed E-state index contributed by atoms with van der Waals surface area (Å²) in [6.07, 6.45) is 0.843. The second-order valence-corrected chi connectivity index (χ2v) is 11.5. The molecule has 0 saturated carbocycles. The number of amides is 1. The summed E-state index contributed by atoms with van der Waals surface area (Å²) in [5.74, 6) is -1.13. The Morgan fingerprint density at radius 3 is 2.66 bits per heavy atom. The molecule has 0 saturated heterocycles. The van der Waals surface area contributed by atoms with Crippen LogP contribution in [0.3, 0.4) is 0 Å². The fraction of sp³-hybridized carbons (Fsp3) is 0.160. The number of benzene rings is 3. The Bertz CT molecular complexity index is 1590. The summed E-state index contributed by atoms with van der Waals surface area (Å²) in [6.45, 7) is 0. The van der Waals surface area contributed by atoms with Gasteiger partial charge in [-0.2, -0.15) is 0 Å². The van der Waals surface area contributed by atoms with E-state index < -0.39 is 21.6 Å². The monoisotopic (exact) mass is 578 g/mol. The fourth-order valence-corrected chi connectivity index (χ4v) is 4.37. The largest absolute Gasteiger partial charge is 0.453 e. The Balaban J connectivity index is 1.49. The van der Waals surface area contributed by atoms with Crippen LogP contribution in [0.5, 0.6) is 11.5 Å². The second kappa shape index (κ2) is 11.4. The van der Waals surface area contributed by atoms with Crippen LogP contribution in [0.1, 0.15) is 17.9 Å². The van der Waals surface area contributed by atoms with Crippen LogP contribution in [0.25, 0.3) is 11.5 Å². The summed E-state index contributed by atoms with van der Waals surface area (Å²) >= 11 is 12.2. The topological polar surface area (TPSA) is 137 Å². The number of ether oxygens (including phenoxy) is 1. The number of nitrogens with two attached hydrogens (primary N) is 1. The first-order valence-corrected chi connectivity index (χ1v) is 13.9. The van der Waals surface area contributed by atoms with E-state index in [-0.39, 0.29) is 52.5 Å². The lowest BCUT2D eigenvalue weighted by Gasteiger charge is -2.12. The van der Waals surface area contributed by atoms with Gasteiger partial charge in [0.05, 0.1) is 17.2 Å². The number of aromatic nitrogens is 2. The molecule has 0 aliphatic rings. The molecule has 0 fully saturated rings. The highest BCUT2D eigenvalue weighted by atomic mass is 35.5. The van der Waals surface area contributed by atoms with Gasteiger partial charge in [0.1, 0.15) is 15.6 Å². The minimum atomic E-state index is -3.26. The zero-order chi connectivity index (χ0) is 27.4. The van der Waals surface area contributed by atoms with Gasteiger partial charge in [-0.05, 0) is 36.4 Å². The Labute approximate surface area is 227 Å². The number of hydrogen-bond donors (Lipinski definition) is 2. The molecule has 1 heterocycles. The highest BCUT2D eigenvalue weighted by Gasteiger charge is 2.19. The molecule has 4 rings (SSSR count). The molecule has 0 bridgehead atoms. The molecule has 0 radical (unpaired) electrons. The molecule has 198 valence electrons. The van der Waals surface area contributed by atoms with Crippen molar-refractivity contribution >= 4 is 50.3 Å². The maximum absolute atomic E-state index is 15.3. The first-order chi connectivity index (χ1) is 18.0. The lowest BCUT2D eigenvalue weighted by Crippen LogP contribution is -2.16. The number of rotatable bonds is 9. The van der Waals surface area contributed by atoms with Crippen LogP contribution in [0.4, 0.5) is 15.8 Å². The van der Waals surface area contributed by atoms with E-state index in [4.69, 9.17) is 38.1 Å². The molecule has 9 nitrogen and oxygen atoms in total. The molecule has 4 aromatic rings. The molecule has 0 aliphatic carbocycles. The molecule has 3 N–H and O–H groups in total. The van der Waals surface area contributed by atoms with Gasteiger partial charge in [-0.1, -0.05) is 35.3 Å². The Morgan fingerprint density at radius 2 is 1.92 bits per heavy atom. The molecule has 38 heavy (non-hydrogen) atoms. The zero-order valence-electron chi connectivity index (χ0n) is 19.9. The number of nitrogen functional groups attached to an aromatic ring is 1. The lowest BCUT2D eigenvalue weighted by atomic mass is 10.1. The molecule has 1 amide bonds. The predicted molar refractivity (Wildman–Crippen MR) is 143 cm³/mol. The number of hydrogen-bond acceptors (Lipinski definition) is 8. The predicted octanol–water partition coefficient (Wildman–Crippen LogP) is 5.52. The van der Waals surface area contributed by atoms with E-state index in [1.807, 2.05) is 0 Å². The van der Waals surface area contributed by atoms with Crippen LogP contribution in [0, 0.1) is 5.82 Å². The van der Waals surface area contributed by atoms with Crippen molar-refractivity contribution in [1.29, 1.82) is 0 Å². The first kappa shape index (κ1) is 27.4. The van der Waals surface area contributed by atoms with Crippen molar-refractivity contribution in [3.8, 4) is 23.0 Å². The van der Waals surface area contributed by atoms with E-state index in [1.165, 1.54) is 30.3 Å². The van der Waals surface area contributed by atoms with Crippen LogP contribution in [-0.2, 0) is 21.1 Å². The average Bonchev–Trinajstić information content (AvgIpc) is 3.30. The number of carbonyl (C=O) groups excluding carboxylic acids is 1. The molecule has 0 unspecified atom stereocenters. The third kappa shape index (κ3) is 7.21. The molecular formula is C25H21Cl2FN4O5S. The summed E-state index contributed by atoms with van der Waals surface area (Å²) < 4.78 is 49.2. The zero-order valence-corrected chi connectivity index (χ0v) is 22.2. The van der Waals surface area contributed by atoms with Crippen molar-refractivity contribution < 1.29 is 26.8 Å². The van der Waals surface area contributed by atoms with Gasteiger partial charge in [0.15, 0.2) is 11.6 Å². The van der Waals surface area contributed by atoms with Crippen LogP contribution in [0.15, 0.2) is 59.0 Å². The molecular weight excluding hydrogens is 558 g/mol. The molecule has 0 atom stereocenters. The van der Waals surface area contributed by atoms with Crippen molar-refractivity contribution in [2.24, 2.45) is 0 Å². The van der Waals surface area contributed by atoms with E-state index in [0.717, 1.165) is 6.26 Å². The van der Waals surface area contributed by atoms with Crippen molar-refractivity contribution in [2.75, 3.05) is 23.1 Å². The number of sulfone groups is 1. The van der Waals surface area contributed by atoms with Gasteiger partial charge in [-0.3, -0.25) is 4.79 Å². The molecule has 1 aromatic heterocycles. The Kier molecular flexibility index (Phi) is 8.20. The van der Waals surface area contributed by atoms with Crippen LogP contribution in [0.2, 0.25) is 10.0 Å². The van der Waals surface area contributed by atoms with Gasteiger partial charge in [0.25, 0.3) is 0 Å². The standard InChI is InChI=1S/C25H21Cl2FN4O5S/c1-38(34,35)8-7-21(33)30-18-4-2-3-15(9-18)25-32-31-22(37-25)10-14-5-6-20(27)24(23(14)28)36-19-12-16(26)11-17(29)13-19/h2-6,9,11-13H,7-8,10,29H2,1H3,(H,30,33). The quantitative estimate of drug-likeness (QED) is 0.247. The molecule has 0 aliphatic heterocycles. The minimum absolute atomic E-state index is 0.0476. The van der Waals surface area contributed by atoms with Gasteiger partial charge in [-0.15, -0.1) is 10.2 Å².